The molecule has 0 aliphatic heterocycles. The van der Waals surface area contributed by atoms with Crippen LogP contribution in [0.2, 0.25) is 0 Å². The Labute approximate surface area is 102 Å². The lowest BCUT2D eigenvalue weighted by Gasteiger charge is -2.12. The number of hydrogen-bond donors (Lipinski definition) is 1. The summed E-state index contributed by atoms with van der Waals surface area (Å²) in [5.74, 6) is 0.322. The minimum absolute atomic E-state index is 0.0547. The highest BCUT2D eigenvalue weighted by Gasteiger charge is 2.33. The fourth-order valence-corrected chi connectivity index (χ4v) is 1.90. The number of halogens is 3. The molecule has 0 aliphatic rings. The highest BCUT2D eigenvalue weighted by molar-refractivity contribution is 5.84. The van der Waals surface area contributed by atoms with Crippen LogP contribution in [0.4, 0.5) is 13.2 Å². The quantitative estimate of drug-likeness (QED) is 0.896. The van der Waals surface area contributed by atoms with Gasteiger partial charge in [-0.2, -0.15) is 13.2 Å². The molecule has 2 rings (SSSR count). The van der Waals surface area contributed by atoms with Gasteiger partial charge in [-0.1, -0.05) is 12.1 Å². The summed E-state index contributed by atoms with van der Waals surface area (Å²) in [7, 11) is 0. The first-order valence-electron chi connectivity index (χ1n) is 5.47. The highest BCUT2D eigenvalue weighted by atomic mass is 19.4. The predicted molar refractivity (Wildman–Crippen MR) is 62.0 cm³/mol. The van der Waals surface area contributed by atoms with Crippen LogP contribution in [0, 0.1) is 6.92 Å². The molecular weight excluding hydrogens is 243 g/mol. The van der Waals surface area contributed by atoms with Gasteiger partial charge in [0.25, 0.3) is 0 Å². The van der Waals surface area contributed by atoms with E-state index in [0.717, 1.165) is 6.07 Å². The van der Waals surface area contributed by atoms with Gasteiger partial charge in [-0.05, 0) is 19.5 Å². The third-order valence-electron chi connectivity index (χ3n) is 2.60. The minimum atomic E-state index is -4.42. The van der Waals surface area contributed by atoms with Crippen LogP contribution in [-0.4, -0.2) is 16.5 Å². The Hall–Kier alpha value is -1.69. The van der Waals surface area contributed by atoms with Crippen molar-refractivity contribution in [1.82, 2.24) is 9.97 Å². The van der Waals surface area contributed by atoms with E-state index in [4.69, 9.17) is 5.73 Å². The zero-order valence-corrected chi connectivity index (χ0v) is 9.75. The molecule has 0 bridgehead atoms. The van der Waals surface area contributed by atoms with Gasteiger partial charge in [-0.3, -0.25) is 0 Å². The van der Waals surface area contributed by atoms with Crippen molar-refractivity contribution in [3.8, 4) is 0 Å². The van der Waals surface area contributed by atoms with Gasteiger partial charge < -0.3 is 5.73 Å². The van der Waals surface area contributed by atoms with Crippen LogP contribution in [0.1, 0.15) is 17.1 Å². The molecule has 0 radical (unpaired) electrons. The SMILES string of the molecule is Cc1nc(CCN)c2cccc(C(F)(F)F)c2n1. The molecule has 0 spiro atoms. The molecule has 3 nitrogen and oxygen atoms in total. The van der Waals surface area contributed by atoms with Crippen molar-refractivity contribution in [3.63, 3.8) is 0 Å². The molecule has 2 N–H and O–H groups in total. The number of benzene rings is 1. The number of hydrogen-bond acceptors (Lipinski definition) is 3. The Morgan fingerprint density at radius 1 is 1.22 bits per heavy atom. The molecule has 0 fully saturated rings. The third-order valence-corrected chi connectivity index (χ3v) is 2.60. The van der Waals surface area contributed by atoms with Crippen molar-refractivity contribution in [2.24, 2.45) is 5.73 Å². The maximum atomic E-state index is 12.9. The van der Waals surface area contributed by atoms with Gasteiger partial charge in [0.2, 0.25) is 0 Å². The average molecular weight is 255 g/mol. The zero-order chi connectivity index (χ0) is 13.3. The normalized spacial score (nSPS) is 12.1. The van der Waals surface area contributed by atoms with Crippen LogP contribution in [0.3, 0.4) is 0 Å². The second kappa shape index (κ2) is 4.53. The van der Waals surface area contributed by atoms with Crippen molar-refractivity contribution >= 4 is 10.9 Å². The molecule has 0 aliphatic carbocycles. The molecule has 0 atom stereocenters. The maximum absolute atomic E-state index is 12.9. The Bertz CT molecular complexity index is 579. The van der Waals surface area contributed by atoms with Crippen molar-refractivity contribution < 1.29 is 13.2 Å². The summed E-state index contributed by atoms with van der Waals surface area (Å²) >= 11 is 0. The smallest absolute Gasteiger partial charge is 0.330 e. The summed E-state index contributed by atoms with van der Waals surface area (Å²) in [5.41, 5.74) is 5.22. The molecule has 0 unspecified atom stereocenters. The van der Waals surface area contributed by atoms with E-state index in [1.165, 1.54) is 6.07 Å². The Balaban J connectivity index is 2.77. The van der Waals surface area contributed by atoms with E-state index >= 15 is 0 Å². The average Bonchev–Trinajstić information content (AvgIpc) is 2.27. The number of nitrogens with zero attached hydrogens (tertiary/aromatic N) is 2. The second-order valence-corrected chi connectivity index (χ2v) is 3.96. The molecule has 0 amide bonds. The summed E-state index contributed by atoms with van der Waals surface area (Å²) in [6.45, 7) is 1.91. The van der Waals surface area contributed by atoms with Crippen LogP contribution in [0.15, 0.2) is 18.2 Å². The first-order valence-corrected chi connectivity index (χ1v) is 5.47. The fraction of sp³-hybridized carbons (Fsp3) is 0.333. The lowest BCUT2D eigenvalue weighted by molar-refractivity contribution is -0.136. The number of nitrogens with two attached hydrogens (primary N) is 1. The predicted octanol–water partition coefficient (Wildman–Crippen LogP) is 2.46. The molecule has 0 saturated heterocycles. The Morgan fingerprint density at radius 2 is 1.94 bits per heavy atom. The third kappa shape index (κ3) is 2.28. The maximum Gasteiger partial charge on any atom is 0.418 e. The van der Waals surface area contributed by atoms with E-state index in [0.29, 0.717) is 29.9 Å². The van der Waals surface area contributed by atoms with Gasteiger partial charge in [0.1, 0.15) is 5.82 Å². The fourth-order valence-electron chi connectivity index (χ4n) is 1.90. The largest absolute Gasteiger partial charge is 0.418 e. The van der Waals surface area contributed by atoms with E-state index in [9.17, 15) is 13.2 Å². The first-order chi connectivity index (χ1) is 8.43. The molecule has 1 aromatic carbocycles. The molecule has 1 aromatic heterocycles. The Kier molecular flexibility index (Phi) is 3.21. The van der Waals surface area contributed by atoms with E-state index in [2.05, 4.69) is 9.97 Å². The topological polar surface area (TPSA) is 51.8 Å². The highest BCUT2D eigenvalue weighted by Crippen LogP contribution is 2.34. The number of fused-ring (bicyclic) bond motifs is 1. The number of rotatable bonds is 2. The molecule has 1 heterocycles. The summed E-state index contributed by atoms with van der Waals surface area (Å²) in [6, 6.07) is 3.99. The van der Waals surface area contributed by atoms with Crippen LogP contribution >= 0.6 is 0 Å². The van der Waals surface area contributed by atoms with E-state index in [1.54, 1.807) is 13.0 Å². The lowest BCUT2D eigenvalue weighted by Crippen LogP contribution is -2.10. The van der Waals surface area contributed by atoms with Crippen LogP contribution < -0.4 is 5.73 Å². The summed E-state index contributed by atoms with van der Waals surface area (Å²) in [4.78, 5) is 8.07. The monoisotopic (exact) mass is 255 g/mol. The van der Waals surface area contributed by atoms with Crippen LogP contribution in [-0.2, 0) is 12.6 Å². The van der Waals surface area contributed by atoms with Crippen LogP contribution in [0.25, 0.3) is 10.9 Å². The molecular formula is C12H12F3N3. The molecule has 0 saturated carbocycles. The van der Waals surface area contributed by atoms with E-state index in [1.807, 2.05) is 0 Å². The van der Waals surface area contributed by atoms with Gasteiger partial charge in [-0.15, -0.1) is 0 Å². The van der Waals surface area contributed by atoms with Gasteiger partial charge >= 0.3 is 6.18 Å². The zero-order valence-electron chi connectivity index (χ0n) is 9.75. The number of aryl methyl sites for hydroxylation is 1. The van der Waals surface area contributed by atoms with Gasteiger partial charge in [0.15, 0.2) is 0 Å². The van der Waals surface area contributed by atoms with Crippen molar-refractivity contribution in [2.75, 3.05) is 6.54 Å². The van der Waals surface area contributed by atoms with E-state index < -0.39 is 11.7 Å². The standard InChI is InChI=1S/C12H12F3N3/c1-7-17-10(5-6-16)8-3-2-4-9(11(8)18-7)12(13,14)15/h2-4H,5-6,16H2,1H3. The summed E-state index contributed by atoms with van der Waals surface area (Å²) < 4.78 is 38.6. The Morgan fingerprint density at radius 3 is 2.56 bits per heavy atom. The van der Waals surface area contributed by atoms with Gasteiger partial charge in [0.05, 0.1) is 16.8 Å². The summed E-state index contributed by atoms with van der Waals surface area (Å²) in [6.07, 6.45) is -3.98. The van der Waals surface area contributed by atoms with Crippen molar-refractivity contribution in [2.45, 2.75) is 19.5 Å². The first kappa shape index (κ1) is 12.8. The molecule has 6 heteroatoms. The number of para-hydroxylation sites is 1. The van der Waals surface area contributed by atoms with E-state index in [-0.39, 0.29) is 5.52 Å². The second-order valence-electron chi connectivity index (χ2n) is 3.96. The number of aromatic nitrogens is 2. The van der Waals surface area contributed by atoms with Crippen molar-refractivity contribution in [3.05, 3.63) is 35.3 Å². The number of alkyl halides is 3. The minimum Gasteiger partial charge on any atom is -0.330 e. The van der Waals surface area contributed by atoms with Gasteiger partial charge in [-0.25, -0.2) is 9.97 Å². The van der Waals surface area contributed by atoms with Crippen molar-refractivity contribution in [1.29, 1.82) is 0 Å². The summed E-state index contributed by atoms with van der Waals surface area (Å²) in [5, 5.41) is 0.417. The van der Waals surface area contributed by atoms with Gasteiger partial charge in [0, 0.05) is 11.8 Å². The molecule has 96 valence electrons. The molecule has 18 heavy (non-hydrogen) atoms. The van der Waals surface area contributed by atoms with Crippen LogP contribution in [0.5, 0.6) is 0 Å². The molecule has 2 aromatic rings. The lowest BCUT2D eigenvalue weighted by atomic mass is 10.1.